The second-order valence-corrected chi connectivity index (χ2v) is 5.09. The first-order chi connectivity index (χ1) is 9.99. The summed E-state index contributed by atoms with van der Waals surface area (Å²) >= 11 is 1.23. The minimum Gasteiger partial charge on any atom is -0.267 e. The molecule has 108 valence electrons. The van der Waals surface area contributed by atoms with Crippen molar-refractivity contribution in [3.8, 4) is 0 Å². The Bertz CT molecular complexity index is 697. The number of rotatable bonds is 3. The highest BCUT2D eigenvalue weighted by atomic mass is 32.1. The van der Waals surface area contributed by atoms with Crippen molar-refractivity contribution in [3.63, 3.8) is 0 Å². The van der Waals surface area contributed by atoms with Gasteiger partial charge in [0.05, 0.1) is 9.80 Å². The lowest BCUT2D eigenvalue weighted by atomic mass is 10.1. The van der Waals surface area contributed by atoms with E-state index < -0.39 is 16.7 Å². The molecule has 2 rings (SSSR count). The number of benzene rings is 1. The number of nitrogens with one attached hydrogen (secondary N) is 2. The van der Waals surface area contributed by atoms with Gasteiger partial charge in [0.2, 0.25) is 0 Å². The maximum absolute atomic E-state index is 11.9. The van der Waals surface area contributed by atoms with E-state index in [4.69, 9.17) is 0 Å². The van der Waals surface area contributed by atoms with Crippen LogP contribution < -0.4 is 10.9 Å². The van der Waals surface area contributed by atoms with Gasteiger partial charge in [-0.3, -0.25) is 30.6 Å². The third-order valence-corrected chi connectivity index (χ3v) is 3.57. The minimum atomic E-state index is -0.622. The molecule has 0 aliphatic heterocycles. The van der Waals surface area contributed by atoms with E-state index >= 15 is 0 Å². The molecule has 8 heteroatoms. The summed E-state index contributed by atoms with van der Waals surface area (Å²) in [6.07, 6.45) is 0. The van der Waals surface area contributed by atoms with Crippen LogP contribution in [0.2, 0.25) is 0 Å². The molecule has 0 saturated carbocycles. The third kappa shape index (κ3) is 3.42. The van der Waals surface area contributed by atoms with Gasteiger partial charge in [0.25, 0.3) is 17.5 Å². The number of hydrogen-bond acceptors (Lipinski definition) is 5. The molecule has 0 saturated heterocycles. The number of nitrogens with zero attached hydrogens (tertiary/aromatic N) is 1. The zero-order valence-electron chi connectivity index (χ0n) is 11.0. The maximum atomic E-state index is 11.9. The standard InChI is InChI=1S/C13H11N3O4S/c1-8-4-5-9(7-10(8)16(19)20)12(17)14-15-13(18)11-3-2-6-21-11/h2-7H,1H3,(H,14,17)(H,15,18). The highest BCUT2D eigenvalue weighted by Gasteiger charge is 2.15. The van der Waals surface area contributed by atoms with Crippen molar-refractivity contribution in [2.75, 3.05) is 0 Å². The summed E-state index contributed by atoms with van der Waals surface area (Å²) < 4.78 is 0. The highest BCUT2D eigenvalue weighted by Crippen LogP contribution is 2.19. The van der Waals surface area contributed by atoms with E-state index in [1.54, 1.807) is 24.4 Å². The Morgan fingerprint density at radius 1 is 1.19 bits per heavy atom. The van der Waals surface area contributed by atoms with E-state index in [0.29, 0.717) is 10.4 Å². The smallest absolute Gasteiger partial charge is 0.267 e. The summed E-state index contributed by atoms with van der Waals surface area (Å²) in [6.45, 7) is 1.58. The van der Waals surface area contributed by atoms with Gasteiger partial charge in [-0.15, -0.1) is 11.3 Å². The van der Waals surface area contributed by atoms with E-state index in [1.807, 2.05) is 0 Å². The number of aryl methyl sites for hydroxylation is 1. The molecule has 1 heterocycles. The summed E-state index contributed by atoms with van der Waals surface area (Å²) in [5.41, 5.74) is 4.87. The number of carbonyl (C=O) groups excluding carboxylic acids is 2. The van der Waals surface area contributed by atoms with Crippen LogP contribution in [-0.2, 0) is 0 Å². The molecule has 2 N–H and O–H groups in total. The summed E-state index contributed by atoms with van der Waals surface area (Å²) in [4.78, 5) is 34.2. The fourth-order valence-corrected chi connectivity index (χ4v) is 2.22. The van der Waals surface area contributed by atoms with Gasteiger partial charge in [-0.1, -0.05) is 12.1 Å². The third-order valence-electron chi connectivity index (χ3n) is 2.70. The topological polar surface area (TPSA) is 101 Å². The van der Waals surface area contributed by atoms with Crippen LogP contribution in [0.3, 0.4) is 0 Å². The van der Waals surface area contributed by atoms with Crippen LogP contribution in [0.15, 0.2) is 35.7 Å². The van der Waals surface area contributed by atoms with Gasteiger partial charge >= 0.3 is 0 Å². The maximum Gasteiger partial charge on any atom is 0.279 e. The predicted octanol–water partition coefficient (Wildman–Crippen LogP) is 2.04. The molecule has 0 bridgehead atoms. The van der Waals surface area contributed by atoms with Crippen LogP contribution in [-0.4, -0.2) is 16.7 Å². The van der Waals surface area contributed by atoms with E-state index in [0.717, 1.165) is 0 Å². The summed E-state index contributed by atoms with van der Waals surface area (Å²) in [6, 6.07) is 7.43. The normalized spacial score (nSPS) is 9.95. The van der Waals surface area contributed by atoms with Crippen LogP contribution in [0.25, 0.3) is 0 Å². The molecule has 1 aromatic heterocycles. The fraction of sp³-hybridized carbons (Fsp3) is 0.0769. The van der Waals surface area contributed by atoms with Gasteiger partial charge in [0, 0.05) is 17.2 Å². The average Bonchev–Trinajstić information content (AvgIpc) is 2.98. The van der Waals surface area contributed by atoms with Crippen molar-refractivity contribution in [3.05, 3.63) is 61.8 Å². The summed E-state index contributed by atoms with van der Waals surface area (Å²) in [7, 11) is 0. The molecular formula is C13H11N3O4S. The Morgan fingerprint density at radius 3 is 2.52 bits per heavy atom. The summed E-state index contributed by atoms with van der Waals surface area (Å²) in [5, 5.41) is 12.6. The molecule has 2 amide bonds. The quantitative estimate of drug-likeness (QED) is 0.669. The second-order valence-electron chi connectivity index (χ2n) is 4.14. The van der Waals surface area contributed by atoms with Crippen LogP contribution in [0.1, 0.15) is 25.6 Å². The van der Waals surface area contributed by atoms with E-state index in [1.165, 1.54) is 29.5 Å². The predicted molar refractivity (Wildman–Crippen MR) is 77.1 cm³/mol. The van der Waals surface area contributed by atoms with E-state index in [-0.39, 0.29) is 11.3 Å². The molecule has 0 aliphatic rings. The fourth-order valence-electron chi connectivity index (χ4n) is 1.60. The van der Waals surface area contributed by atoms with Crippen molar-refractivity contribution >= 4 is 28.8 Å². The molecular weight excluding hydrogens is 294 g/mol. The molecule has 0 radical (unpaired) electrons. The van der Waals surface area contributed by atoms with Gasteiger partial charge in [0.1, 0.15) is 0 Å². The van der Waals surface area contributed by atoms with Crippen LogP contribution in [0, 0.1) is 17.0 Å². The van der Waals surface area contributed by atoms with E-state index in [9.17, 15) is 19.7 Å². The first-order valence-electron chi connectivity index (χ1n) is 5.88. The minimum absolute atomic E-state index is 0.0961. The lowest BCUT2D eigenvalue weighted by Gasteiger charge is -2.06. The van der Waals surface area contributed by atoms with Crippen molar-refractivity contribution in [1.82, 2.24) is 10.9 Å². The van der Waals surface area contributed by atoms with Crippen molar-refractivity contribution in [2.24, 2.45) is 0 Å². The number of thiophene rings is 1. The highest BCUT2D eigenvalue weighted by molar-refractivity contribution is 7.12. The molecule has 2 aromatic rings. The Morgan fingerprint density at radius 2 is 1.90 bits per heavy atom. The number of hydrazine groups is 1. The van der Waals surface area contributed by atoms with Crippen molar-refractivity contribution in [2.45, 2.75) is 6.92 Å². The van der Waals surface area contributed by atoms with Crippen LogP contribution in [0.4, 0.5) is 5.69 Å². The zero-order chi connectivity index (χ0) is 15.4. The second kappa shape index (κ2) is 6.14. The molecule has 21 heavy (non-hydrogen) atoms. The zero-order valence-corrected chi connectivity index (χ0v) is 11.8. The monoisotopic (exact) mass is 305 g/mol. The molecule has 0 spiro atoms. The molecule has 0 unspecified atom stereocenters. The molecule has 1 aromatic carbocycles. The van der Waals surface area contributed by atoms with Gasteiger partial charge in [-0.05, 0) is 24.4 Å². The summed E-state index contributed by atoms with van der Waals surface area (Å²) in [5.74, 6) is -1.07. The van der Waals surface area contributed by atoms with Gasteiger partial charge < -0.3 is 0 Å². The Hall–Kier alpha value is -2.74. The van der Waals surface area contributed by atoms with Crippen LogP contribution in [0.5, 0.6) is 0 Å². The lowest BCUT2D eigenvalue weighted by Crippen LogP contribution is -2.41. The number of hydrogen-bond donors (Lipinski definition) is 2. The Kier molecular flexibility index (Phi) is 4.29. The van der Waals surface area contributed by atoms with Gasteiger partial charge in [0.15, 0.2) is 0 Å². The Balaban J connectivity index is 2.05. The largest absolute Gasteiger partial charge is 0.279 e. The molecule has 0 fully saturated rings. The number of nitro groups is 1. The van der Waals surface area contributed by atoms with E-state index in [2.05, 4.69) is 10.9 Å². The molecule has 7 nitrogen and oxygen atoms in total. The SMILES string of the molecule is Cc1ccc(C(=O)NNC(=O)c2cccs2)cc1[N+](=O)[O-]. The van der Waals surface area contributed by atoms with Crippen molar-refractivity contribution < 1.29 is 14.5 Å². The number of amides is 2. The Labute approximate surface area is 123 Å². The lowest BCUT2D eigenvalue weighted by molar-refractivity contribution is -0.385. The van der Waals surface area contributed by atoms with Crippen LogP contribution >= 0.6 is 11.3 Å². The number of nitro benzene ring substituents is 1. The van der Waals surface area contributed by atoms with Gasteiger partial charge in [-0.2, -0.15) is 0 Å². The van der Waals surface area contributed by atoms with Gasteiger partial charge in [-0.25, -0.2) is 0 Å². The van der Waals surface area contributed by atoms with Crippen molar-refractivity contribution in [1.29, 1.82) is 0 Å². The molecule has 0 atom stereocenters. The first kappa shape index (κ1) is 14.7. The first-order valence-corrected chi connectivity index (χ1v) is 6.76. The number of carbonyl (C=O) groups is 2. The molecule has 0 aliphatic carbocycles. The average molecular weight is 305 g/mol.